The zero-order chi connectivity index (χ0) is 15.1. The Kier molecular flexibility index (Phi) is 5.04. The highest BCUT2D eigenvalue weighted by Crippen LogP contribution is 2.14. The molecule has 21 heavy (non-hydrogen) atoms. The zero-order valence-electron chi connectivity index (χ0n) is 11.7. The maximum absolute atomic E-state index is 13.7. The minimum absolute atomic E-state index is 0.144. The lowest BCUT2D eigenvalue weighted by atomic mass is 10.1. The van der Waals surface area contributed by atoms with E-state index < -0.39 is 5.82 Å². The van der Waals surface area contributed by atoms with Gasteiger partial charge < -0.3 is 10.6 Å². The monoisotopic (exact) mass is 285 g/mol. The molecule has 6 heteroatoms. The first kappa shape index (κ1) is 14.7. The van der Waals surface area contributed by atoms with E-state index in [1.807, 2.05) is 13.0 Å². The standard InChI is InChI=1S/C15H16FN5/c1-2-6-18-15-20-10-13(16)14(21-15)19-9-12-5-3-4-11(7-12)8-17/h3-5,7,10H,2,6,9H2,1H3,(H2,18,19,20,21). The molecule has 0 saturated carbocycles. The summed E-state index contributed by atoms with van der Waals surface area (Å²) in [5, 5.41) is 14.8. The fraction of sp³-hybridized carbons (Fsp3) is 0.267. The van der Waals surface area contributed by atoms with Gasteiger partial charge in [-0.3, -0.25) is 0 Å². The summed E-state index contributed by atoms with van der Waals surface area (Å²) >= 11 is 0. The van der Waals surface area contributed by atoms with Crippen molar-refractivity contribution in [3.8, 4) is 6.07 Å². The van der Waals surface area contributed by atoms with Gasteiger partial charge in [0, 0.05) is 13.1 Å². The van der Waals surface area contributed by atoms with Gasteiger partial charge >= 0.3 is 0 Å². The largest absolute Gasteiger partial charge is 0.363 e. The predicted octanol–water partition coefficient (Wildman–Crippen LogP) is 2.92. The van der Waals surface area contributed by atoms with Crippen molar-refractivity contribution in [3.05, 3.63) is 47.4 Å². The molecule has 1 aromatic heterocycles. The van der Waals surface area contributed by atoms with Gasteiger partial charge in [0.2, 0.25) is 5.95 Å². The third kappa shape index (κ3) is 4.14. The minimum atomic E-state index is -0.506. The Morgan fingerprint density at radius 3 is 2.95 bits per heavy atom. The highest BCUT2D eigenvalue weighted by atomic mass is 19.1. The van der Waals surface area contributed by atoms with Crippen LogP contribution in [-0.4, -0.2) is 16.5 Å². The normalized spacial score (nSPS) is 9.95. The van der Waals surface area contributed by atoms with Crippen molar-refractivity contribution in [2.24, 2.45) is 0 Å². The molecule has 2 rings (SSSR count). The number of nitrogens with zero attached hydrogens (tertiary/aromatic N) is 3. The number of anilines is 2. The number of hydrogen-bond acceptors (Lipinski definition) is 5. The summed E-state index contributed by atoms with van der Waals surface area (Å²) in [5.74, 6) is 0.0333. The molecule has 1 aromatic carbocycles. The van der Waals surface area contributed by atoms with Crippen LogP contribution in [0.3, 0.4) is 0 Å². The second-order valence-electron chi connectivity index (χ2n) is 4.48. The quantitative estimate of drug-likeness (QED) is 0.853. The maximum atomic E-state index is 13.7. The van der Waals surface area contributed by atoms with E-state index >= 15 is 0 Å². The molecule has 0 bridgehead atoms. The summed E-state index contributed by atoms with van der Waals surface area (Å²) in [5.41, 5.74) is 1.46. The summed E-state index contributed by atoms with van der Waals surface area (Å²) in [6, 6.07) is 9.20. The van der Waals surface area contributed by atoms with E-state index in [9.17, 15) is 4.39 Å². The molecule has 0 aliphatic heterocycles. The number of nitriles is 1. The minimum Gasteiger partial charge on any atom is -0.363 e. The van der Waals surface area contributed by atoms with Gasteiger partial charge in [0.05, 0.1) is 17.8 Å². The lowest BCUT2D eigenvalue weighted by molar-refractivity contribution is 0.617. The number of benzene rings is 1. The van der Waals surface area contributed by atoms with Gasteiger partial charge in [-0.25, -0.2) is 9.37 Å². The number of halogens is 1. The zero-order valence-corrected chi connectivity index (χ0v) is 11.7. The van der Waals surface area contributed by atoms with Crippen LogP contribution in [0.4, 0.5) is 16.2 Å². The first-order valence-corrected chi connectivity index (χ1v) is 6.72. The van der Waals surface area contributed by atoms with Gasteiger partial charge in [-0.15, -0.1) is 0 Å². The van der Waals surface area contributed by atoms with Crippen molar-refractivity contribution < 1.29 is 4.39 Å². The van der Waals surface area contributed by atoms with Crippen LogP contribution in [0, 0.1) is 17.1 Å². The van der Waals surface area contributed by atoms with Gasteiger partial charge in [0.15, 0.2) is 11.6 Å². The van der Waals surface area contributed by atoms with Crippen LogP contribution < -0.4 is 10.6 Å². The summed E-state index contributed by atoms with van der Waals surface area (Å²) in [6.45, 7) is 3.14. The third-order valence-corrected chi connectivity index (χ3v) is 2.79. The van der Waals surface area contributed by atoms with Crippen LogP contribution >= 0.6 is 0 Å². The van der Waals surface area contributed by atoms with Gasteiger partial charge in [0.25, 0.3) is 0 Å². The number of nitrogens with one attached hydrogen (secondary N) is 2. The Morgan fingerprint density at radius 1 is 1.33 bits per heavy atom. The smallest absolute Gasteiger partial charge is 0.224 e. The summed E-state index contributed by atoms with van der Waals surface area (Å²) in [7, 11) is 0. The van der Waals surface area contributed by atoms with E-state index in [2.05, 4.69) is 26.7 Å². The fourth-order valence-corrected chi connectivity index (χ4v) is 1.75. The molecule has 5 nitrogen and oxygen atoms in total. The first-order chi connectivity index (χ1) is 10.2. The number of aromatic nitrogens is 2. The van der Waals surface area contributed by atoms with E-state index in [0.29, 0.717) is 18.1 Å². The van der Waals surface area contributed by atoms with Gasteiger partial charge in [-0.2, -0.15) is 10.2 Å². The van der Waals surface area contributed by atoms with Crippen LogP contribution in [-0.2, 0) is 6.54 Å². The van der Waals surface area contributed by atoms with E-state index in [4.69, 9.17) is 5.26 Å². The number of hydrogen-bond donors (Lipinski definition) is 2. The molecular weight excluding hydrogens is 269 g/mol. The Balaban J connectivity index is 2.06. The second-order valence-corrected chi connectivity index (χ2v) is 4.48. The fourth-order valence-electron chi connectivity index (χ4n) is 1.75. The first-order valence-electron chi connectivity index (χ1n) is 6.72. The molecule has 2 aromatic rings. The molecule has 0 saturated heterocycles. The molecule has 0 unspecified atom stereocenters. The average molecular weight is 285 g/mol. The van der Waals surface area contributed by atoms with Crippen LogP contribution in [0.2, 0.25) is 0 Å². The van der Waals surface area contributed by atoms with Crippen molar-refractivity contribution in [2.75, 3.05) is 17.2 Å². The lowest BCUT2D eigenvalue weighted by Crippen LogP contribution is -2.09. The predicted molar refractivity (Wildman–Crippen MR) is 79.3 cm³/mol. The van der Waals surface area contributed by atoms with Crippen LogP contribution in [0.25, 0.3) is 0 Å². The molecule has 0 radical (unpaired) electrons. The molecule has 0 atom stereocenters. The maximum Gasteiger partial charge on any atom is 0.224 e. The van der Waals surface area contributed by atoms with E-state index in [1.165, 1.54) is 0 Å². The Bertz CT molecular complexity index is 651. The topological polar surface area (TPSA) is 73.6 Å². The highest BCUT2D eigenvalue weighted by molar-refractivity contribution is 5.42. The molecule has 0 aliphatic carbocycles. The number of rotatable bonds is 6. The summed E-state index contributed by atoms with van der Waals surface area (Å²) in [6.07, 6.45) is 2.07. The van der Waals surface area contributed by atoms with Crippen molar-refractivity contribution in [1.82, 2.24) is 9.97 Å². The molecule has 1 heterocycles. The van der Waals surface area contributed by atoms with E-state index in [0.717, 1.165) is 24.7 Å². The van der Waals surface area contributed by atoms with Crippen LogP contribution in [0.1, 0.15) is 24.5 Å². The summed E-state index contributed by atoms with van der Waals surface area (Å²) in [4.78, 5) is 7.97. The second kappa shape index (κ2) is 7.20. The van der Waals surface area contributed by atoms with Crippen molar-refractivity contribution in [1.29, 1.82) is 5.26 Å². The Hall–Kier alpha value is -2.68. The molecule has 108 valence electrons. The molecule has 0 aliphatic rings. The van der Waals surface area contributed by atoms with E-state index in [-0.39, 0.29) is 5.82 Å². The molecule has 0 fully saturated rings. The third-order valence-electron chi connectivity index (χ3n) is 2.79. The van der Waals surface area contributed by atoms with Gasteiger partial charge in [0.1, 0.15) is 0 Å². The highest BCUT2D eigenvalue weighted by Gasteiger charge is 2.06. The van der Waals surface area contributed by atoms with Gasteiger partial charge in [-0.05, 0) is 24.1 Å². The van der Waals surface area contributed by atoms with Crippen molar-refractivity contribution in [2.45, 2.75) is 19.9 Å². The average Bonchev–Trinajstić information content (AvgIpc) is 2.53. The Morgan fingerprint density at radius 2 is 2.19 bits per heavy atom. The molecule has 2 N–H and O–H groups in total. The van der Waals surface area contributed by atoms with E-state index in [1.54, 1.807) is 18.2 Å². The lowest BCUT2D eigenvalue weighted by Gasteiger charge is -2.09. The summed E-state index contributed by atoms with van der Waals surface area (Å²) < 4.78 is 13.7. The van der Waals surface area contributed by atoms with Gasteiger partial charge in [-0.1, -0.05) is 19.1 Å². The molecular formula is C15H16FN5. The van der Waals surface area contributed by atoms with Crippen molar-refractivity contribution >= 4 is 11.8 Å². The molecule has 0 amide bonds. The van der Waals surface area contributed by atoms with Crippen LogP contribution in [0.5, 0.6) is 0 Å². The van der Waals surface area contributed by atoms with Crippen LogP contribution in [0.15, 0.2) is 30.5 Å². The van der Waals surface area contributed by atoms with Crippen molar-refractivity contribution in [3.63, 3.8) is 0 Å². The Labute approximate surface area is 122 Å². The molecule has 0 spiro atoms. The SMILES string of the molecule is CCCNc1ncc(F)c(NCc2cccc(C#N)c2)n1.